The Morgan fingerprint density at radius 2 is 1.18 bits per heavy atom. The Labute approximate surface area is 171 Å². The topological polar surface area (TPSA) is 98.7 Å². The molecule has 0 unspecified atom stereocenters. The summed E-state index contributed by atoms with van der Waals surface area (Å²) in [6, 6.07) is 0. The number of unbranched alkanes of at least 4 members (excludes halogenated alkanes) is 6. The van der Waals surface area contributed by atoms with Gasteiger partial charge in [-0.1, -0.05) is 52.4 Å². The van der Waals surface area contributed by atoms with Crippen LogP contribution in [-0.4, -0.2) is 38.4 Å². The van der Waals surface area contributed by atoms with E-state index in [4.69, 9.17) is 9.47 Å². The zero-order chi connectivity index (χ0) is 21.1. The van der Waals surface area contributed by atoms with Crippen LogP contribution in [0.3, 0.4) is 0 Å². The van der Waals surface area contributed by atoms with Gasteiger partial charge in [0.2, 0.25) is 0 Å². The third-order valence-electron chi connectivity index (χ3n) is 5.20. The Morgan fingerprint density at radius 3 is 1.64 bits per heavy atom. The summed E-state index contributed by atoms with van der Waals surface area (Å²) in [4.78, 5) is 22.4. The van der Waals surface area contributed by atoms with Gasteiger partial charge in [-0.15, -0.1) is 0 Å². The summed E-state index contributed by atoms with van der Waals surface area (Å²) in [6.07, 6.45) is 9.59. The number of carboxylic acids is 2. The number of aliphatic carboxylic acids is 2. The highest BCUT2D eigenvalue weighted by atomic mass is 16.5. The van der Waals surface area contributed by atoms with E-state index in [-0.39, 0.29) is 6.42 Å². The molecule has 0 aliphatic carbocycles. The van der Waals surface area contributed by atoms with Crippen LogP contribution < -0.4 is 10.2 Å². The van der Waals surface area contributed by atoms with Gasteiger partial charge in [-0.3, -0.25) is 0 Å². The SMILES string of the molecule is CCCCOCCC(CCCCCCCC(=O)[O-])(CCOCCCC)C(=O)[O-]. The summed E-state index contributed by atoms with van der Waals surface area (Å²) < 4.78 is 11.2. The molecule has 0 aliphatic heterocycles. The standard InChI is InChI=1S/C22H42O6/c1-3-5-16-27-18-14-22(21(25)26,15-19-28-17-6-4-2)13-11-9-7-8-10-12-20(23)24/h3-19H2,1-2H3,(H,23,24)(H,25,26)/p-2. The van der Waals surface area contributed by atoms with E-state index in [0.717, 1.165) is 51.4 Å². The van der Waals surface area contributed by atoms with Gasteiger partial charge >= 0.3 is 0 Å². The predicted molar refractivity (Wildman–Crippen MR) is 105 cm³/mol. The average molecular weight is 401 g/mol. The highest BCUT2D eigenvalue weighted by Crippen LogP contribution is 2.33. The summed E-state index contributed by atoms with van der Waals surface area (Å²) in [6.45, 7) is 6.35. The molecule has 0 aromatic rings. The fraction of sp³-hybridized carbons (Fsp3) is 0.909. The van der Waals surface area contributed by atoms with Crippen molar-refractivity contribution in [3.8, 4) is 0 Å². The van der Waals surface area contributed by atoms with E-state index in [0.29, 0.717) is 52.1 Å². The fourth-order valence-electron chi connectivity index (χ4n) is 3.18. The van der Waals surface area contributed by atoms with E-state index in [2.05, 4.69) is 13.8 Å². The van der Waals surface area contributed by atoms with Gasteiger partial charge in [0.15, 0.2) is 0 Å². The van der Waals surface area contributed by atoms with E-state index < -0.39 is 17.4 Å². The molecule has 0 saturated heterocycles. The minimum Gasteiger partial charge on any atom is -0.550 e. The molecule has 0 bridgehead atoms. The van der Waals surface area contributed by atoms with E-state index >= 15 is 0 Å². The molecule has 0 amide bonds. The van der Waals surface area contributed by atoms with Crippen molar-refractivity contribution in [2.24, 2.45) is 5.41 Å². The number of carboxylic acid groups (broad SMARTS) is 2. The maximum Gasteiger partial charge on any atom is 0.0477 e. The van der Waals surface area contributed by atoms with Crippen molar-refractivity contribution in [1.82, 2.24) is 0 Å². The first-order valence-electron chi connectivity index (χ1n) is 11.0. The molecular formula is C22H40O6-2. The normalized spacial score (nSPS) is 11.6. The number of carbonyl (C=O) groups is 2. The van der Waals surface area contributed by atoms with Crippen LogP contribution in [0.5, 0.6) is 0 Å². The van der Waals surface area contributed by atoms with E-state index in [1.54, 1.807) is 0 Å². The monoisotopic (exact) mass is 400 g/mol. The van der Waals surface area contributed by atoms with Crippen molar-refractivity contribution in [3.63, 3.8) is 0 Å². The van der Waals surface area contributed by atoms with Crippen molar-refractivity contribution in [1.29, 1.82) is 0 Å². The highest BCUT2D eigenvalue weighted by molar-refractivity contribution is 5.72. The second-order valence-corrected chi connectivity index (χ2v) is 7.64. The summed E-state index contributed by atoms with van der Waals surface area (Å²) >= 11 is 0. The molecule has 0 heterocycles. The van der Waals surface area contributed by atoms with Crippen molar-refractivity contribution in [2.45, 2.75) is 97.3 Å². The zero-order valence-corrected chi connectivity index (χ0v) is 18.0. The summed E-state index contributed by atoms with van der Waals surface area (Å²) in [5.74, 6) is -2.02. The first kappa shape index (κ1) is 26.9. The molecule has 0 aromatic carbocycles. The van der Waals surface area contributed by atoms with Gasteiger partial charge in [0.05, 0.1) is 0 Å². The van der Waals surface area contributed by atoms with Crippen LogP contribution in [-0.2, 0) is 19.1 Å². The first-order chi connectivity index (χ1) is 13.5. The van der Waals surface area contributed by atoms with E-state index in [1.165, 1.54) is 0 Å². The minimum absolute atomic E-state index is 0.0905. The van der Waals surface area contributed by atoms with E-state index in [9.17, 15) is 19.8 Å². The van der Waals surface area contributed by atoms with Crippen molar-refractivity contribution >= 4 is 11.9 Å². The lowest BCUT2D eigenvalue weighted by molar-refractivity contribution is -0.321. The molecule has 0 rings (SSSR count). The van der Waals surface area contributed by atoms with Crippen LogP contribution in [0.15, 0.2) is 0 Å². The second kappa shape index (κ2) is 17.9. The maximum absolute atomic E-state index is 12.0. The summed E-state index contributed by atoms with van der Waals surface area (Å²) in [5.41, 5.74) is -0.913. The Bertz CT molecular complexity index is 382. The molecular weight excluding hydrogens is 360 g/mol. The van der Waals surface area contributed by atoms with Gasteiger partial charge in [0.25, 0.3) is 0 Å². The summed E-state index contributed by atoms with van der Waals surface area (Å²) in [7, 11) is 0. The molecule has 0 aliphatic rings. The zero-order valence-electron chi connectivity index (χ0n) is 18.0. The van der Waals surface area contributed by atoms with Gasteiger partial charge in [-0.05, 0) is 44.9 Å². The molecule has 6 heteroatoms. The van der Waals surface area contributed by atoms with Gasteiger partial charge in [0.1, 0.15) is 0 Å². The Hall–Kier alpha value is -1.14. The van der Waals surface area contributed by atoms with Crippen molar-refractivity contribution < 1.29 is 29.3 Å². The number of carbonyl (C=O) groups excluding carboxylic acids is 2. The molecule has 0 atom stereocenters. The molecule has 0 spiro atoms. The first-order valence-corrected chi connectivity index (χ1v) is 11.0. The lowest BCUT2D eigenvalue weighted by atomic mass is 9.77. The molecule has 6 nitrogen and oxygen atoms in total. The predicted octanol–water partition coefficient (Wildman–Crippen LogP) is 2.62. The van der Waals surface area contributed by atoms with Gasteiger partial charge in [-0.25, -0.2) is 0 Å². The lowest BCUT2D eigenvalue weighted by Gasteiger charge is -2.35. The fourth-order valence-corrected chi connectivity index (χ4v) is 3.18. The minimum atomic E-state index is -1.01. The Balaban J connectivity index is 4.46. The van der Waals surface area contributed by atoms with Gasteiger partial charge in [-0.2, -0.15) is 0 Å². The quantitative estimate of drug-likeness (QED) is 0.275. The van der Waals surface area contributed by atoms with Crippen molar-refractivity contribution in [2.75, 3.05) is 26.4 Å². The summed E-state index contributed by atoms with van der Waals surface area (Å²) in [5, 5.41) is 22.4. The molecule has 28 heavy (non-hydrogen) atoms. The number of ether oxygens (including phenoxy) is 2. The van der Waals surface area contributed by atoms with Crippen LogP contribution in [0.25, 0.3) is 0 Å². The van der Waals surface area contributed by atoms with Crippen LogP contribution >= 0.6 is 0 Å². The van der Waals surface area contributed by atoms with Gasteiger partial charge < -0.3 is 29.3 Å². The number of hydrogen-bond acceptors (Lipinski definition) is 6. The van der Waals surface area contributed by atoms with Crippen LogP contribution in [0, 0.1) is 5.41 Å². The van der Waals surface area contributed by atoms with Crippen LogP contribution in [0.1, 0.15) is 97.3 Å². The lowest BCUT2D eigenvalue weighted by Crippen LogP contribution is -2.44. The molecule has 0 fully saturated rings. The van der Waals surface area contributed by atoms with Crippen LogP contribution in [0.4, 0.5) is 0 Å². The van der Waals surface area contributed by atoms with Gasteiger partial charge in [0, 0.05) is 43.8 Å². The highest BCUT2D eigenvalue weighted by Gasteiger charge is 2.31. The molecule has 166 valence electrons. The Morgan fingerprint density at radius 1 is 0.679 bits per heavy atom. The largest absolute Gasteiger partial charge is 0.550 e. The number of hydrogen-bond donors (Lipinski definition) is 0. The molecule has 0 N–H and O–H groups in total. The average Bonchev–Trinajstić information content (AvgIpc) is 2.65. The number of rotatable bonds is 21. The van der Waals surface area contributed by atoms with E-state index in [1.807, 2.05) is 0 Å². The molecule has 0 radical (unpaired) electrons. The molecule has 0 aromatic heterocycles. The smallest absolute Gasteiger partial charge is 0.0477 e. The maximum atomic E-state index is 12.0. The second-order valence-electron chi connectivity index (χ2n) is 7.64. The molecule has 0 saturated carbocycles. The van der Waals surface area contributed by atoms with Crippen molar-refractivity contribution in [3.05, 3.63) is 0 Å². The third-order valence-corrected chi connectivity index (χ3v) is 5.20. The third kappa shape index (κ3) is 13.9. The Kier molecular flexibility index (Phi) is 17.2. The van der Waals surface area contributed by atoms with Crippen LogP contribution in [0.2, 0.25) is 0 Å².